The van der Waals surface area contributed by atoms with Crippen molar-refractivity contribution in [3.63, 3.8) is 0 Å². The van der Waals surface area contributed by atoms with Crippen LogP contribution in [-0.4, -0.2) is 121 Å². The van der Waals surface area contributed by atoms with Gasteiger partial charge in [0.1, 0.15) is 24.6 Å². The van der Waals surface area contributed by atoms with Crippen LogP contribution in [0.4, 0.5) is 18.9 Å². The molecule has 48 heavy (non-hydrogen) atoms. The van der Waals surface area contributed by atoms with E-state index >= 15 is 8.78 Å². The van der Waals surface area contributed by atoms with E-state index in [0.717, 1.165) is 25.7 Å². The molecule has 264 valence electrons. The Morgan fingerprint density at radius 1 is 1.12 bits per heavy atom. The van der Waals surface area contributed by atoms with E-state index in [9.17, 15) is 23.6 Å². The van der Waals surface area contributed by atoms with Gasteiger partial charge in [0.05, 0.1) is 18.8 Å². The van der Waals surface area contributed by atoms with E-state index in [0.29, 0.717) is 12.1 Å². The van der Waals surface area contributed by atoms with Gasteiger partial charge >= 0.3 is 5.91 Å². The molecule has 4 amide bonds. The van der Waals surface area contributed by atoms with Gasteiger partial charge in [0.15, 0.2) is 17.8 Å². The summed E-state index contributed by atoms with van der Waals surface area (Å²) in [4.78, 5) is 60.0. The molecule has 5 heterocycles. The standard InChI is InChI=1S/C35H48F3N5O5/c1-19-23-10-11-27(26(37)14-23)39-31(44)29(28(21-6-7-21)22-8-9-22)40-34(47)35(38)15-25(16-35)43(4,33(46)20(2)48-5)30(19)32(45)42-13-12-41(3)24(17-36)18-42/h10-11,14,19-22,24-25,28-30H,6-9,12-13,15-18H2,1-5H3,(H-,39,40,44,47)/p+1/t19-,20-,24-,25?,29-,30+,35?,43?/m0/s1. The number of ether oxygens (including phenoxy) is 1. The lowest BCUT2D eigenvalue weighted by Gasteiger charge is -2.54. The number of nitrogens with zero attached hydrogens (tertiary/aromatic N) is 3. The molecule has 4 bridgehead atoms. The third-order valence-corrected chi connectivity index (χ3v) is 12.1. The number of benzene rings is 1. The van der Waals surface area contributed by atoms with Crippen molar-refractivity contribution in [1.82, 2.24) is 15.1 Å². The van der Waals surface area contributed by atoms with E-state index in [1.165, 1.54) is 19.2 Å². The summed E-state index contributed by atoms with van der Waals surface area (Å²) in [6.07, 6.45) is 1.94. The predicted molar refractivity (Wildman–Crippen MR) is 172 cm³/mol. The number of quaternary nitrogens is 1. The smallest absolute Gasteiger partial charge is 0.342 e. The number of hydrogen-bond acceptors (Lipinski definition) is 6. The van der Waals surface area contributed by atoms with Crippen molar-refractivity contribution < 1.29 is 41.6 Å². The molecule has 3 saturated carbocycles. The maximum atomic E-state index is 16.7. The number of carbonyl (C=O) groups is 4. The van der Waals surface area contributed by atoms with Crippen LogP contribution in [0.25, 0.3) is 0 Å². The summed E-state index contributed by atoms with van der Waals surface area (Å²) in [6, 6.07) is 0.743. The van der Waals surface area contributed by atoms with Gasteiger partial charge in [-0.25, -0.2) is 22.4 Å². The number of rotatable bonds is 7. The molecule has 1 saturated heterocycles. The van der Waals surface area contributed by atoms with E-state index in [1.54, 1.807) is 38.9 Å². The fourth-order valence-corrected chi connectivity index (χ4v) is 8.50. The number of halogens is 3. The monoisotopic (exact) mass is 676 g/mol. The fourth-order valence-electron chi connectivity index (χ4n) is 8.50. The number of nitrogens with one attached hydrogen (secondary N) is 2. The first-order valence-corrected chi connectivity index (χ1v) is 17.3. The van der Waals surface area contributed by atoms with E-state index in [2.05, 4.69) is 10.6 Å². The first-order valence-electron chi connectivity index (χ1n) is 17.3. The number of methoxy groups -OCH3 is 1. The highest BCUT2D eigenvalue weighted by molar-refractivity contribution is 5.99. The van der Waals surface area contributed by atoms with E-state index < -0.39 is 82.5 Å². The molecule has 0 radical (unpaired) electrons. The average Bonchev–Trinajstić information content (AvgIpc) is 3.99. The van der Waals surface area contributed by atoms with Crippen molar-refractivity contribution >= 4 is 29.3 Å². The minimum atomic E-state index is -2.39. The third-order valence-electron chi connectivity index (χ3n) is 12.1. The minimum absolute atomic E-state index is 0.0903. The Labute approximate surface area is 280 Å². The topological polar surface area (TPSA) is 108 Å². The van der Waals surface area contributed by atoms with E-state index in [4.69, 9.17) is 4.74 Å². The molecule has 6 atom stereocenters. The molecule has 1 aromatic carbocycles. The Bertz CT molecular complexity index is 1440. The zero-order valence-corrected chi connectivity index (χ0v) is 28.5. The summed E-state index contributed by atoms with van der Waals surface area (Å²) in [7, 11) is 4.74. The van der Waals surface area contributed by atoms with Gasteiger partial charge < -0.3 is 20.3 Å². The van der Waals surface area contributed by atoms with Crippen LogP contribution in [0.1, 0.15) is 63.9 Å². The second-order valence-electron chi connectivity index (χ2n) is 15.1. The van der Waals surface area contributed by atoms with Crippen LogP contribution in [0.5, 0.6) is 0 Å². The van der Waals surface area contributed by atoms with Crippen molar-refractivity contribution in [3.05, 3.63) is 29.6 Å². The van der Waals surface area contributed by atoms with Crippen molar-refractivity contribution in [2.24, 2.45) is 17.8 Å². The Hall–Kier alpha value is -3.03. The molecule has 2 N–H and O–H groups in total. The highest BCUT2D eigenvalue weighted by atomic mass is 19.1. The lowest BCUT2D eigenvalue weighted by atomic mass is 9.72. The van der Waals surface area contributed by atoms with Gasteiger partial charge in [0, 0.05) is 45.5 Å². The second kappa shape index (κ2) is 13.0. The van der Waals surface area contributed by atoms with Gasteiger partial charge in [-0.3, -0.25) is 19.3 Å². The lowest BCUT2D eigenvalue weighted by molar-refractivity contribution is -0.887. The molecule has 1 unspecified atom stereocenters. The summed E-state index contributed by atoms with van der Waals surface area (Å²) in [6.45, 7) is 3.40. The fraction of sp³-hybridized carbons (Fsp3) is 0.714. The molecule has 5 aliphatic heterocycles. The van der Waals surface area contributed by atoms with Gasteiger partial charge in [-0.1, -0.05) is 13.0 Å². The third kappa shape index (κ3) is 6.15. The number of likely N-dealkylation sites (N-methyl/N-ethyl adjacent to an activating group) is 2. The molecule has 13 heteroatoms. The molecule has 3 aliphatic carbocycles. The Morgan fingerprint density at radius 2 is 1.77 bits per heavy atom. The number of hydrogen-bond donors (Lipinski definition) is 2. The van der Waals surface area contributed by atoms with Crippen LogP contribution in [0, 0.1) is 23.6 Å². The first-order chi connectivity index (χ1) is 22.7. The van der Waals surface area contributed by atoms with Gasteiger partial charge in [0.25, 0.3) is 11.8 Å². The molecule has 0 spiro atoms. The largest absolute Gasteiger partial charge is 0.368 e. The summed E-state index contributed by atoms with van der Waals surface area (Å²) in [5.74, 6) is -3.70. The number of alkyl halides is 2. The van der Waals surface area contributed by atoms with Gasteiger partial charge in [-0.15, -0.1) is 0 Å². The zero-order valence-electron chi connectivity index (χ0n) is 28.5. The van der Waals surface area contributed by atoms with E-state index in [-0.39, 0.29) is 49.4 Å². The quantitative estimate of drug-likeness (QED) is 0.430. The van der Waals surface area contributed by atoms with E-state index in [1.807, 2.05) is 4.90 Å². The Balaban J connectivity index is 1.44. The van der Waals surface area contributed by atoms with Crippen LogP contribution >= 0.6 is 0 Å². The molecule has 8 aliphatic rings. The maximum Gasteiger partial charge on any atom is 0.342 e. The van der Waals surface area contributed by atoms with Gasteiger partial charge in [-0.05, 0) is 75.1 Å². The summed E-state index contributed by atoms with van der Waals surface area (Å²) >= 11 is 0. The van der Waals surface area contributed by atoms with Crippen LogP contribution in [0.3, 0.4) is 0 Å². The zero-order chi connectivity index (χ0) is 34.7. The molecular weight excluding hydrogens is 627 g/mol. The van der Waals surface area contributed by atoms with Crippen molar-refractivity contribution in [2.75, 3.05) is 52.8 Å². The van der Waals surface area contributed by atoms with Crippen molar-refractivity contribution in [1.29, 1.82) is 0 Å². The predicted octanol–water partition coefficient (Wildman–Crippen LogP) is 3.16. The number of carbonyl (C=O) groups excluding carboxylic acids is 4. The van der Waals surface area contributed by atoms with Gasteiger partial charge in [0.2, 0.25) is 5.91 Å². The lowest BCUT2D eigenvalue weighted by Crippen LogP contribution is -2.76. The van der Waals surface area contributed by atoms with Crippen LogP contribution in [0.2, 0.25) is 0 Å². The van der Waals surface area contributed by atoms with Crippen LogP contribution < -0.4 is 10.6 Å². The summed E-state index contributed by atoms with van der Waals surface area (Å²) in [5, 5.41) is 5.40. The molecule has 4 fully saturated rings. The second-order valence-corrected chi connectivity index (χ2v) is 15.1. The van der Waals surface area contributed by atoms with Crippen molar-refractivity contribution in [2.45, 2.75) is 94.2 Å². The molecule has 0 aromatic heterocycles. The Kier molecular flexibility index (Phi) is 9.44. The maximum absolute atomic E-state index is 16.7. The number of anilines is 1. The highest BCUT2D eigenvalue weighted by Crippen LogP contribution is 2.52. The SMILES string of the molecule is CO[C@@H](C)C(=O)[N+]1(C)C2CC(F)(C2)C(=O)N[C@@H](C(C2CC2)C2CC2)C(=O)Nc2ccc(cc2F)[C@H](C)[C@@H]1C(=O)N1CCN(C)[C@@H](CF)C1. The summed E-state index contributed by atoms with van der Waals surface area (Å²) < 4.78 is 51.4. The normalized spacial score (nSPS) is 35.3. The number of amides is 4. The van der Waals surface area contributed by atoms with Crippen LogP contribution in [-0.2, 0) is 23.9 Å². The van der Waals surface area contributed by atoms with Crippen molar-refractivity contribution in [3.8, 4) is 0 Å². The molecule has 9 rings (SSSR count). The Morgan fingerprint density at radius 3 is 2.33 bits per heavy atom. The molecule has 1 aromatic rings. The number of piperazine rings is 1. The highest BCUT2D eigenvalue weighted by Gasteiger charge is 2.65. The van der Waals surface area contributed by atoms with Gasteiger partial charge in [-0.2, -0.15) is 0 Å². The van der Waals surface area contributed by atoms with Crippen LogP contribution in [0.15, 0.2) is 18.2 Å². The minimum Gasteiger partial charge on any atom is -0.368 e. The molecule has 10 nitrogen and oxygen atoms in total. The first kappa shape index (κ1) is 34.8. The summed E-state index contributed by atoms with van der Waals surface area (Å²) in [5.41, 5.74) is -2.08. The molecular formula is C35H49F3N5O5+. The average molecular weight is 677 g/mol.